The molecule has 0 amide bonds. The first-order valence-corrected chi connectivity index (χ1v) is 11.8. The van der Waals surface area contributed by atoms with Gasteiger partial charge >= 0.3 is 0 Å². The van der Waals surface area contributed by atoms with E-state index in [0.29, 0.717) is 17.2 Å². The van der Waals surface area contributed by atoms with Gasteiger partial charge in [0.15, 0.2) is 5.76 Å². The Morgan fingerprint density at radius 2 is 1.76 bits per heavy atom. The summed E-state index contributed by atoms with van der Waals surface area (Å²) in [5.74, 6) is 1.02. The van der Waals surface area contributed by atoms with Crippen molar-refractivity contribution in [3.05, 3.63) is 73.2 Å². The molecule has 2 N–H and O–H groups in total. The SMILES string of the molecule is COc1ccc(S(=O)(=O)NC(C)C)cc1Nc1ncc(-c2cccc(-c3cccnc3)c2)o1. The largest absolute Gasteiger partial charge is 0.495 e. The summed E-state index contributed by atoms with van der Waals surface area (Å²) in [4.78, 5) is 8.57. The number of sulfonamides is 1. The molecule has 0 bridgehead atoms. The van der Waals surface area contributed by atoms with Crippen LogP contribution in [0.25, 0.3) is 22.5 Å². The summed E-state index contributed by atoms with van der Waals surface area (Å²) in [6.45, 7) is 3.52. The fourth-order valence-corrected chi connectivity index (χ4v) is 4.57. The molecule has 9 heteroatoms. The van der Waals surface area contributed by atoms with Crippen LogP contribution in [0.5, 0.6) is 5.75 Å². The van der Waals surface area contributed by atoms with Crippen LogP contribution in [0.1, 0.15) is 13.8 Å². The first-order valence-electron chi connectivity index (χ1n) is 10.3. The van der Waals surface area contributed by atoms with Crippen LogP contribution in [0.3, 0.4) is 0 Å². The Morgan fingerprint density at radius 1 is 0.970 bits per heavy atom. The van der Waals surface area contributed by atoms with E-state index >= 15 is 0 Å². The van der Waals surface area contributed by atoms with E-state index in [-0.39, 0.29) is 17.0 Å². The molecular weight excluding hydrogens is 440 g/mol. The zero-order valence-corrected chi connectivity index (χ0v) is 19.3. The van der Waals surface area contributed by atoms with Crippen molar-refractivity contribution in [3.63, 3.8) is 0 Å². The predicted octanol–water partition coefficient (Wildman–Crippen LogP) is 4.84. The lowest BCUT2D eigenvalue weighted by molar-refractivity contribution is 0.416. The number of oxazole rings is 1. The molecule has 4 aromatic rings. The smallest absolute Gasteiger partial charge is 0.299 e. The highest BCUT2D eigenvalue weighted by atomic mass is 32.2. The molecule has 0 aliphatic rings. The number of rotatable bonds is 8. The van der Waals surface area contributed by atoms with Gasteiger partial charge in [-0.25, -0.2) is 18.1 Å². The van der Waals surface area contributed by atoms with Gasteiger partial charge in [-0.15, -0.1) is 0 Å². The molecule has 0 aliphatic heterocycles. The average molecular weight is 465 g/mol. The summed E-state index contributed by atoms with van der Waals surface area (Å²) in [5, 5.41) is 3.02. The molecular formula is C24H24N4O4S. The van der Waals surface area contributed by atoms with Gasteiger partial charge in [0.25, 0.3) is 6.01 Å². The van der Waals surface area contributed by atoms with Crippen molar-refractivity contribution in [2.45, 2.75) is 24.8 Å². The second kappa shape index (κ2) is 9.43. The Hall–Kier alpha value is -3.69. The molecule has 33 heavy (non-hydrogen) atoms. The lowest BCUT2D eigenvalue weighted by atomic mass is 10.0. The van der Waals surface area contributed by atoms with Gasteiger partial charge in [-0.05, 0) is 49.7 Å². The fourth-order valence-electron chi connectivity index (χ4n) is 3.30. The van der Waals surface area contributed by atoms with Crippen LogP contribution < -0.4 is 14.8 Å². The van der Waals surface area contributed by atoms with Crippen molar-refractivity contribution in [1.29, 1.82) is 0 Å². The molecule has 8 nitrogen and oxygen atoms in total. The molecule has 0 fully saturated rings. The van der Waals surface area contributed by atoms with E-state index in [1.807, 2.05) is 36.4 Å². The molecule has 4 rings (SSSR count). The van der Waals surface area contributed by atoms with Crippen LogP contribution in [0.15, 0.2) is 82.5 Å². The molecule has 170 valence electrons. The van der Waals surface area contributed by atoms with Crippen LogP contribution in [0.4, 0.5) is 11.7 Å². The Bertz CT molecular complexity index is 1350. The third kappa shape index (κ3) is 5.21. The summed E-state index contributed by atoms with van der Waals surface area (Å²) in [6, 6.07) is 16.3. The van der Waals surface area contributed by atoms with Gasteiger partial charge in [0.2, 0.25) is 10.0 Å². The molecule has 2 aromatic carbocycles. The number of nitrogens with one attached hydrogen (secondary N) is 2. The maximum absolute atomic E-state index is 12.6. The van der Waals surface area contributed by atoms with Gasteiger partial charge in [0.05, 0.1) is 23.9 Å². The third-order valence-corrected chi connectivity index (χ3v) is 6.42. The van der Waals surface area contributed by atoms with E-state index in [0.717, 1.165) is 16.7 Å². The van der Waals surface area contributed by atoms with Gasteiger partial charge in [0.1, 0.15) is 5.75 Å². The van der Waals surface area contributed by atoms with Crippen LogP contribution in [0.2, 0.25) is 0 Å². The van der Waals surface area contributed by atoms with Crippen molar-refractivity contribution in [1.82, 2.24) is 14.7 Å². The van der Waals surface area contributed by atoms with Gasteiger partial charge < -0.3 is 14.5 Å². The van der Waals surface area contributed by atoms with Gasteiger partial charge in [-0.1, -0.05) is 24.3 Å². The molecule has 0 saturated carbocycles. The Morgan fingerprint density at radius 3 is 2.48 bits per heavy atom. The lowest BCUT2D eigenvalue weighted by Gasteiger charge is -2.13. The summed E-state index contributed by atoms with van der Waals surface area (Å²) in [6.07, 6.45) is 5.14. The zero-order chi connectivity index (χ0) is 23.4. The summed E-state index contributed by atoms with van der Waals surface area (Å²) < 4.78 is 39.0. The highest BCUT2D eigenvalue weighted by Gasteiger charge is 2.18. The monoisotopic (exact) mass is 464 g/mol. The molecule has 0 saturated heterocycles. The van der Waals surface area contributed by atoms with E-state index in [4.69, 9.17) is 9.15 Å². The van der Waals surface area contributed by atoms with Gasteiger partial charge in [-0.2, -0.15) is 0 Å². The zero-order valence-electron chi connectivity index (χ0n) is 18.4. The number of hydrogen-bond donors (Lipinski definition) is 2. The number of anilines is 2. The van der Waals surface area contributed by atoms with Crippen molar-refractivity contribution in [2.75, 3.05) is 12.4 Å². The Kier molecular flexibility index (Phi) is 6.43. The maximum Gasteiger partial charge on any atom is 0.299 e. The number of methoxy groups -OCH3 is 1. The Labute approximate surface area is 192 Å². The topological polar surface area (TPSA) is 106 Å². The van der Waals surface area contributed by atoms with Gasteiger partial charge in [-0.3, -0.25) is 4.98 Å². The highest BCUT2D eigenvalue weighted by Crippen LogP contribution is 2.32. The van der Waals surface area contributed by atoms with Crippen LogP contribution >= 0.6 is 0 Å². The van der Waals surface area contributed by atoms with Crippen LogP contribution in [0, 0.1) is 0 Å². The molecule has 0 atom stereocenters. The second-order valence-electron chi connectivity index (χ2n) is 7.62. The molecule has 0 aliphatic carbocycles. The van der Waals surface area contributed by atoms with E-state index in [1.165, 1.54) is 19.2 Å². The van der Waals surface area contributed by atoms with Crippen molar-refractivity contribution >= 4 is 21.7 Å². The number of aromatic nitrogens is 2. The quantitative estimate of drug-likeness (QED) is 0.384. The van der Waals surface area contributed by atoms with E-state index < -0.39 is 10.0 Å². The average Bonchev–Trinajstić information content (AvgIpc) is 3.27. The number of ether oxygens (including phenoxy) is 1. The summed E-state index contributed by atoms with van der Waals surface area (Å²) in [5.41, 5.74) is 3.27. The molecule has 0 spiro atoms. The summed E-state index contributed by atoms with van der Waals surface area (Å²) >= 11 is 0. The molecule has 2 aromatic heterocycles. The minimum Gasteiger partial charge on any atom is -0.495 e. The molecule has 0 unspecified atom stereocenters. The maximum atomic E-state index is 12.6. The minimum atomic E-state index is -3.67. The number of pyridine rings is 1. The standard InChI is InChI=1S/C24H24N4O4S/c1-16(2)28-33(29,30)20-9-10-22(31-3)21(13-20)27-24-26-15-23(32-24)18-7-4-6-17(12-18)19-8-5-11-25-14-19/h4-16,28H,1-3H3,(H,26,27). The van der Waals surface area contributed by atoms with Crippen LogP contribution in [-0.2, 0) is 10.0 Å². The van der Waals surface area contributed by atoms with E-state index in [2.05, 4.69) is 20.0 Å². The second-order valence-corrected chi connectivity index (χ2v) is 9.33. The highest BCUT2D eigenvalue weighted by molar-refractivity contribution is 7.89. The summed E-state index contributed by atoms with van der Waals surface area (Å²) in [7, 11) is -2.16. The first-order chi connectivity index (χ1) is 15.9. The first kappa shape index (κ1) is 22.5. The van der Waals surface area contributed by atoms with E-state index in [1.54, 1.807) is 38.5 Å². The van der Waals surface area contributed by atoms with Gasteiger partial charge in [0, 0.05) is 29.6 Å². The molecule has 2 heterocycles. The Balaban J connectivity index is 1.61. The number of hydrogen-bond acceptors (Lipinski definition) is 7. The minimum absolute atomic E-state index is 0.107. The molecule has 0 radical (unpaired) electrons. The number of benzene rings is 2. The predicted molar refractivity (Wildman–Crippen MR) is 127 cm³/mol. The normalized spacial score (nSPS) is 11.5. The van der Waals surface area contributed by atoms with E-state index in [9.17, 15) is 8.42 Å². The van der Waals surface area contributed by atoms with Crippen molar-refractivity contribution in [2.24, 2.45) is 0 Å². The fraction of sp³-hybridized carbons (Fsp3) is 0.167. The third-order valence-electron chi connectivity index (χ3n) is 4.76. The van der Waals surface area contributed by atoms with Crippen molar-refractivity contribution in [3.8, 4) is 28.2 Å². The lowest BCUT2D eigenvalue weighted by Crippen LogP contribution is -2.30. The van der Waals surface area contributed by atoms with Crippen LogP contribution in [-0.4, -0.2) is 31.5 Å². The van der Waals surface area contributed by atoms with Crippen molar-refractivity contribution < 1.29 is 17.6 Å². The number of nitrogens with zero attached hydrogens (tertiary/aromatic N) is 2.